The summed E-state index contributed by atoms with van der Waals surface area (Å²) in [6, 6.07) is 50.5. The first kappa shape index (κ1) is 40.6. The number of nitrogens with zero attached hydrogens (tertiary/aromatic N) is 5. The first-order chi connectivity index (χ1) is 31.3. The molecular formula is C57H45BN5S. The Bertz CT molecular complexity index is 3260. The van der Waals surface area contributed by atoms with E-state index in [0.717, 1.165) is 72.0 Å². The second kappa shape index (κ2) is 16.7. The maximum atomic E-state index is 5.08. The van der Waals surface area contributed by atoms with Gasteiger partial charge < -0.3 is 4.57 Å². The lowest BCUT2D eigenvalue weighted by atomic mass is 9.74. The SMILES string of the molecule is C=C/C=C\c1c(/C=C(\C=C)c2ccc3c(c2)C(C)(C)c2ccc4nc(-c5ccccc5)sc4c2-3)c(C)n(-c2cccc(-c3nc(-c4ccccc4)nc(-c4ccccc4)n3)c2)c1[B]C. The van der Waals surface area contributed by atoms with Crippen LogP contribution in [0.5, 0.6) is 0 Å². The molecule has 3 aromatic heterocycles. The molecule has 1 aliphatic rings. The smallest absolute Gasteiger partial charge is 0.172 e. The summed E-state index contributed by atoms with van der Waals surface area (Å²) in [4.78, 5) is 20.1. The predicted molar refractivity (Wildman–Crippen MR) is 271 cm³/mol. The van der Waals surface area contributed by atoms with E-state index in [4.69, 9.17) is 19.9 Å². The van der Waals surface area contributed by atoms with Crippen molar-refractivity contribution in [2.45, 2.75) is 33.0 Å². The third kappa shape index (κ3) is 7.08. The number of aromatic nitrogens is 5. The number of hydrogen-bond acceptors (Lipinski definition) is 5. The molecule has 0 aliphatic heterocycles. The molecule has 1 aliphatic carbocycles. The normalized spacial score (nSPS) is 13.0. The molecule has 0 N–H and O–H groups in total. The topological polar surface area (TPSA) is 56.5 Å². The van der Waals surface area contributed by atoms with Crippen LogP contribution in [-0.2, 0) is 5.41 Å². The number of hydrogen-bond donors (Lipinski definition) is 0. The summed E-state index contributed by atoms with van der Waals surface area (Å²) >= 11 is 1.78. The van der Waals surface area contributed by atoms with Crippen LogP contribution in [0.4, 0.5) is 0 Å². The van der Waals surface area contributed by atoms with Crippen molar-refractivity contribution in [3.05, 3.63) is 210 Å². The van der Waals surface area contributed by atoms with Crippen LogP contribution in [-0.4, -0.2) is 31.8 Å². The molecule has 6 aromatic carbocycles. The molecule has 5 nitrogen and oxygen atoms in total. The minimum atomic E-state index is -0.202. The summed E-state index contributed by atoms with van der Waals surface area (Å²) in [6.07, 6.45) is 10.2. The van der Waals surface area contributed by atoms with E-state index in [1.165, 1.54) is 27.0 Å². The highest BCUT2D eigenvalue weighted by atomic mass is 32.1. The monoisotopic (exact) mass is 842 g/mol. The summed E-state index contributed by atoms with van der Waals surface area (Å²) < 4.78 is 3.56. The van der Waals surface area contributed by atoms with Gasteiger partial charge in [-0.3, -0.25) is 0 Å². The van der Waals surface area contributed by atoms with E-state index in [-0.39, 0.29) is 5.41 Å². The molecule has 0 atom stereocenters. The third-order valence-corrected chi connectivity index (χ3v) is 13.5. The Morgan fingerprint density at radius 1 is 0.656 bits per heavy atom. The highest BCUT2D eigenvalue weighted by Gasteiger charge is 2.37. The van der Waals surface area contributed by atoms with Gasteiger partial charge in [0.25, 0.3) is 0 Å². The molecule has 0 unspecified atom stereocenters. The number of benzene rings is 6. The van der Waals surface area contributed by atoms with Gasteiger partial charge in [-0.1, -0.05) is 179 Å². The van der Waals surface area contributed by atoms with Gasteiger partial charge in [0.15, 0.2) is 24.8 Å². The maximum absolute atomic E-state index is 5.08. The van der Waals surface area contributed by atoms with Crippen molar-refractivity contribution in [1.82, 2.24) is 24.5 Å². The van der Waals surface area contributed by atoms with E-state index in [9.17, 15) is 0 Å². The quantitative estimate of drug-likeness (QED) is 0.0961. The van der Waals surface area contributed by atoms with Crippen LogP contribution < -0.4 is 5.59 Å². The van der Waals surface area contributed by atoms with Crippen molar-refractivity contribution in [2.24, 2.45) is 0 Å². The van der Waals surface area contributed by atoms with Gasteiger partial charge in [-0.05, 0) is 76.2 Å². The van der Waals surface area contributed by atoms with E-state index >= 15 is 0 Å². The molecule has 7 heteroatoms. The molecule has 9 aromatic rings. The minimum Gasteiger partial charge on any atom is -0.327 e. The van der Waals surface area contributed by atoms with Gasteiger partial charge in [0.2, 0.25) is 0 Å². The molecule has 0 amide bonds. The summed E-state index contributed by atoms with van der Waals surface area (Å²) in [5.74, 6) is 1.86. The molecule has 1 radical (unpaired) electrons. The lowest BCUT2D eigenvalue weighted by Crippen LogP contribution is -2.24. The first-order valence-corrected chi connectivity index (χ1v) is 22.4. The van der Waals surface area contributed by atoms with Crippen molar-refractivity contribution in [1.29, 1.82) is 0 Å². The van der Waals surface area contributed by atoms with Crippen LogP contribution in [0.1, 0.15) is 47.4 Å². The summed E-state index contributed by atoms with van der Waals surface area (Å²) in [5, 5.41) is 1.04. The number of rotatable bonds is 11. The second-order valence-electron chi connectivity index (χ2n) is 16.5. The van der Waals surface area contributed by atoms with E-state index in [1.54, 1.807) is 11.3 Å². The second-order valence-corrected chi connectivity index (χ2v) is 17.5. The van der Waals surface area contributed by atoms with Crippen LogP contribution >= 0.6 is 11.3 Å². The molecule has 0 bridgehead atoms. The fraction of sp³-hybridized carbons (Fsp3) is 0.0877. The Labute approximate surface area is 379 Å². The summed E-state index contributed by atoms with van der Waals surface area (Å²) in [7, 11) is 2.18. The zero-order valence-corrected chi connectivity index (χ0v) is 37.2. The molecule has 307 valence electrons. The maximum Gasteiger partial charge on any atom is 0.172 e. The van der Waals surface area contributed by atoms with Crippen LogP contribution in [0, 0.1) is 6.92 Å². The minimum absolute atomic E-state index is 0.202. The Morgan fingerprint density at radius 2 is 1.28 bits per heavy atom. The fourth-order valence-electron chi connectivity index (χ4n) is 9.12. The standard InChI is InChI=1S/C57H45BN5S/c1-7-9-28-44-46(34-37(8-2)41-29-30-45-48(35-41)57(4,5)47-31-32-49-51(50(45)47)64-56(59-49)40-24-17-12-18-25-40)36(3)63(52(44)58-6)43-27-19-26-42(33-43)55-61-53(38-20-13-10-14-21-38)60-54(62-55)39-22-15-11-16-23-39/h7-35H,1-2H2,3-6H3/b28-9-,37-34+. The van der Waals surface area contributed by atoms with Crippen molar-refractivity contribution >= 4 is 52.2 Å². The van der Waals surface area contributed by atoms with Gasteiger partial charge in [-0.15, -0.1) is 11.3 Å². The van der Waals surface area contributed by atoms with Gasteiger partial charge in [-0.2, -0.15) is 0 Å². The molecule has 3 heterocycles. The van der Waals surface area contributed by atoms with Crippen LogP contribution in [0.3, 0.4) is 0 Å². The molecule has 0 saturated heterocycles. The summed E-state index contributed by atoms with van der Waals surface area (Å²) in [5.41, 5.74) is 17.5. The molecular weight excluding hydrogens is 798 g/mol. The highest BCUT2D eigenvalue weighted by Crippen LogP contribution is 2.53. The average Bonchev–Trinajstić information content (AvgIpc) is 3.97. The van der Waals surface area contributed by atoms with Crippen LogP contribution in [0.2, 0.25) is 6.82 Å². The van der Waals surface area contributed by atoms with Gasteiger partial charge >= 0.3 is 0 Å². The lowest BCUT2D eigenvalue weighted by molar-refractivity contribution is 0.660. The lowest BCUT2D eigenvalue weighted by Gasteiger charge is -2.22. The van der Waals surface area contributed by atoms with E-state index in [0.29, 0.717) is 17.5 Å². The van der Waals surface area contributed by atoms with Gasteiger partial charge in [0, 0.05) is 50.2 Å². The largest absolute Gasteiger partial charge is 0.327 e. The predicted octanol–water partition coefficient (Wildman–Crippen LogP) is 13.9. The highest BCUT2D eigenvalue weighted by molar-refractivity contribution is 7.22. The summed E-state index contributed by atoms with van der Waals surface area (Å²) in [6.45, 7) is 17.3. The Balaban J connectivity index is 1.08. The van der Waals surface area contributed by atoms with Gasteiger partial charge in [0.1, 0.15) is 5.01 Å². The zero-order chi connectivity index (χ0) is 44.0. The van der Waals surface area contributed by atoms with Crippen LogP contribution in [0.25, 0.3) is 89.5 Å². The van der Waals surface area contributed by atoms with E-state index in [2.05, 4.69) is 150 Å². The number of fused-ring (bicyclic) bond motifs is 5. The van der Waals surface area contributed by atoms with Crippen molar-refractivity contribution in [2.75, 3.05) is 0 Å². The molecule has 0 spiro atoms. The van der Waals surface area contributed by atoms with Crippen LogP contribution in [0.15, 0.2) is 177 Å². The molecule has 10 rings (SSSR count). The fourth-order valence-corrected chi connectivity index (χ4v) is 10.3. The van der Waals surface area contributed by atoms with E-state index in [1.807, 2.05) is 78.9 Å². The Hall–Kier alpha value is -7.48. The van der Waals surface area contributed by atoms with Crippen molar-refractivity contribution < 1.29 is 0 Å². The van der Waals surface area contributed by atoms with Gasteiger partial charge in [-0.25, -0.2) is 19.9 Å². The van der Waals surface area contributed by atoms with Crippen molar-refractivity contribution in [3.63, 3.8) is 0 Å². The Kier molecular flexibility index (Phi) is 10.6. The van der Waals surface area contributed by atoms with E-state index < -0.39 is 0 Å². The molecule has 64 heavy (non-hydrogen) atoms. The number of allylic oxidation sites excluding steroid dienone is 4. The molecule has 0 saturated carbocycles. The van der Waals surface area contributed by atoms with Crippen molar-refractivity contribution in [3.8, 4) is 61.5 Å². The Morgan fingerprint density at radius 3 is 1.91 bits per heavy atom. The third-order valence-electron chi connectivity index (χ3n) is 12.3. The number of thiazole rings is 1. The average molecular weight is 843 g/mol. The molecule has 0 fully saturated rings. The first-order valence-electron chi connectivity index (χ1n) is 21.6. The zero-order valence-electron chi connectivity index (χ0n) is 36.4. The van der Waals surface area contributed by atoms with Gasteiger partial charge in [0.05, 0.1) is 10.2 Å².